The average Bonchev–Trinajstić information content (AvgIpc) is 3.49. The normalized spacial score (nSPS) is 20.2. The molecule has 186 valence electrons. The molecule has 5 N–H and O–H groups in total. The minimum absolute atomic E-state index is 0.180. The van der Waals surface area contributed by atoms with Crippen LogP contribution in [0.5, 0.6) is 17.2 Å². The first-order valence-electron chi connectivity index (χ1n) is 12.4. The monoisotopic (exact) mass is 477 g/mol. The van der Waals surface area contributed by atoms with Crippen LogP contribution in [0.1, 0.15) is 32.3 Å². The van der Waals surface area contributed by atoms with Gasteiger partial charge in [-0.3, -0.25) is 10.6 Å². The maximum atomic E-state index is 6.68. The van der Waals surface area contributed by atoms with Gasteiger partial charge < -0.3 is 29.8 Å². The molecule has 1 saturated heterocycles. The van der Waals surface area contributed by atoms with E-state index in [1.54, 1.807) is 0 Å². The molecule has 0 radical (unpaired) electrons. The van der Waals surface area contributed by atoms with E-state index in [4.69, 9.17) is 25.7 Å². The first-order valence-corrected chi connectivity index (χ1v) is 12.4. The molecule has 2 aromatic carbocycles. The van der Waals surface area contributed by atoms with Gasteiger partial charge in [0.1, 0.15) is 28.6 Å². The molecule has 1 fully saturated rings. The number of rotatable bonds is 8. The molecule has 1 atom stereocenters. The second-order valence-corrected chi connectivity index (χ2v) is 9.19. The number of para-hydroxylation sites is 1. The Kier molecular flexibility index (Phi) is 6.49. The van der Waals surface area contributed by atoms with Gasteiger partial charge in [0.15, 0.2) is 0 Å². The molecule has 3 heterocycles. The van der Waals surface area contributed by atoms with Crippen molar-refractivity contribution in [1.82, 2.24) is 9.47 Å². The molecule has 35 heavy (non-hydrogen) atoms. The van der Waals surface area contributed by atoms with E-state index in [9.17, 15) is 0 Å². The van der Waals surface area contributed by atoms with Gasteiger partial charge in [0.05, 0.1) is 18.9 Å². The zero-order valence-corrected chi connectivity index (χ0v) is 20.5. The Bertz CT molecular complexity index is 1130. The highest BCUT2D eigenvalue weighted by molar-refractivity contribution is 5.76. The molecule has 0 spiro atoms. The molecule has 2 aliphatic heterocycles. The van der Waals surface area contributed by atoms with E-state index >= 15 is 0 Å². The van der Waals surface area contributed by atoms with Crippen LogP contribution in [0, 0.1) is 5.92 Å². The number of nitrogen functional groups attached to an aromatic ring is 1. The topological polar surface area (TPSA) is 99.9 Å². The van der Waals surface area contributed by atoms with Gasteiger partial charge in [0.2, 0.25) is 5.85 Å². The number of aromatic nitrogens is 1. The summed E-state index contributed by atoms with van der Waals surface area (Å²) in [7, 11) is 0. The number of benzene rings is 2. The molecule has 3 aromatic rings. The molecule has 8 heteroatoms. The van der Waals surface area contributed by atoms with Crippen LogP contribution in [-0.4, -0.2) is 41.6 Å². The average molecular weight is 478 g/mol. The fourth-order valence-electron chi connectivity index (χ4n) is 5.13. The Morgan fingerprint density at radius 1 is 1.03 bits per heavy atom. The quantitative estimate of drug-likeness (QED) is 0.419. The molecule has 1 unspecified atom stereocenters. The Balaban J connectivity index is 1.29. The van der Waals surface area contributed by atoms with Gasteiger partial charge in [-0.1, -0.05) is 6.07 Å². The van der Waals surface area contributed by atoms with E-state index in [1.165, 1.54) is 5.56 Å². The summed E-state index contributed by atoms with van der Waals surface area (Å²) in [6.07, 6.45) is 5.88. The number of anilines is 2. The lowest BCUT2D eigenvalue weighted by molar-refractivity contribution is 0.0175. The summed E-state index contributed by atoms with van der Waals surface area (Å²) >= 11 is 0. The van der Waals surface area contributed by atoms with Gasteiger partial charge in [-0.15, -0.1) is 0 Å². The molecule has 8 nitrogen and oxygen atoms in total. The lowest BCUT2D eigenvalue weighted by Crippen LogP contribution is -2.58. The zero-order valence-electron chi connectivity index (χ0n) is 20.5. The van der Waals surface area contributed by atoms with Gasteiger partial charge in [0.25, 0.3) is 0 Å². The third-order valence-corrected chi connectivity index (χ3v) is 6.82. The predicted octanol–water partition coefficient (Wildman–Crippen LogP) is 4.19. The number of nitrogens with zero attached hydrogens (tertiary/aromatic N) is 2. The SMILES string of the molecule is CCOc1cc(CN2CCC(C3(N)Nc4c(N)cccc4O3)CC2)cc(OCC)c1-n1cccc1. The molecular formula is C27H35N5O3. The van der Waals surface area contributed by atoms with E-state index in [0.29, 0.717) is 18.9 Å². The number of hydrogen-bond donors (Lipinski definition) is 3. The summed E-state index contributed by atoms with van der Waals surface area (Å²) in [5.74, 6) is 1.65. The van der Waals surface area contributed by atoms with Gasteiger partial charge in [-0.05, 0) is 81.7 Å². The van der Waals surface area contributed by atoms with Crippen molar-refractivity contribution in [3.63, 3.8) is 0 Å². The molecule has 0 amide bonds. The van der Waals surface area contributed by atoms with Crippen molar-refractivity contribution < 1.29 is 14.2 Å². The number of nitrogens with two attached hydrogens (primary N) is 2. The number of nitrogens with one attached hydrogen (secondary N) is 1. The second kappa shape index (κ2) is 9.71. The van der Waals surface area contributed by atoms with Crippen LogP contribution in [-0.2, 0) is 6.54 Å². The number of likely N-dealkylation sites (tertiary alicyclic amines) is 1. The maximum absolute atomic E-state index is 6.68. The Morgan fingerprint density at radius 2 is 1.69 bits per heavy atom. The Labute approximate surface area is 206 Å². The van der Waals surface area contributed by atoms with Crippen LogP contribution < -0.4 is 31.0 Å². The fourth-order valence-corrected chi connectivity index (χ4v) is 5.13. The molecular weight excluding hydrogens is 442 g/mol. The number of ether oxygens (including phenoxy) is 3. The highest BCUT2D eigenvalue weighted by Gasteiger charge is 2.44. The summed E-state index contributed by atoms with van der Waals surface area (Å²) in [6, 6.07) is 13.9. The van der Waals surface area contributed by atoms with Gasteiger partial charge >= 0.3 is 0 Å². The van der Waals surface area contributed by atoms with Crippen LogP contribution >= 0.6 is 0 Å². The van der Waals surface area contributed by atoms with Crippen LogP contribution in [0.25, 0.3) is 5.69 Å². The van der Waals surface area contributed by atoms with E-state index in [-0.39, 0.29) is 5.92 Å². The molecule has 0 aliphatic carbocycles. The summed E-state index contributed by atoms with van der Waals surface area (Å²) in [6.45, 7) is 7.86. The van der Waals surface area contributed by atoms with Gasteiger partial charge in [-0.25, -0.2) is 0 Å². The van der Waals surface area contributed by atoms with Crippen LogP contribution in [0.15, 0.2) is 54.9 Å². The summed E-state index contributed by atoms with van der Waals surface area (Å²) in [4.78, 5) is 2.45. The lowest BCUT2D eigenvalue weighted by atomic mass is 9.91. The van der Waals surface area contributed by atoms with E-state index in [0.717, 1.165) is 61.1 Å². The first-order chi connectivity index (χ1) is 17.0. The maximum Gasteiger partial charge on any atom is 0.239 e. The molecule has 0 saturated carbocycles. The Morgan fingerprint density at radius 3 is 2.29 bits per heavy atom. The summed E-state index contributed by atoms with van der Waals surface area (Å²) in [5.41, 5.74) is 16.4. The highest BCUT2D eigenvalue weighted by Crippen LogP contribution is 2.43. The molecule has 1 aromatic heterocycles. The Hall–Kier alpha value is -3.36. The van der Waals surface area contributed by atoms with Gasteiger partial charge in [0, 0.05) is 24.9 Å². The van der Waals surface area contributed by atoms with E-state index in [2.05, 4.69) is 22.3 Å². The van der Waals surface area contributed by atoms with Crippen molar-refractivity contribution >= 4 is 11.4 Å². The molecule has 0 bridgehead atoms. The lowest BCUT2D eigenvalue weighted by Gasteiger charge is -2.39. The minimum atomic E-state index is -0.924. The smallest absolute Gasteiger partial charge is 0.239 e. The predicted molar refractivity (Wildman–Crippen MR) is 138 cm³/mol. The van der Waals surface area contributed by atoms with Crippen LogP contribution in [0.3, 0.4) is 0 Å². The summed E-state index contributed by atoms with van der Waals surface area (Å²) in [5, 5.41) is 3.35. The standard InChI is InChI=1S/C27H35N5O3/c1-3-33-23-16-19(17-24(34-4-2)26(23)32-12-5-6-13-32)18-31-14-10-20(11-15-31)27(29)30-25-21(28)8-7-9-22(25)35-27/h5-9,12-13,16-17,20,30H,3-4,10-11,14-15,18,28-29H2,1-2H3. The third kappa shape index (κ3) is 4.63. The van der Waals surface area contributed by atoms with Crippen molar-refractivity contribution in [1.29, 1.82) is 0 Å². The van der Waals surface area contributed by atoms with Gasteiger partial charge in [-0.2, -0.15) is 0 Å². The van der Waals surface area contributed by atoms with E-state index < -0.39 is 5.85 Å². The highest BCUT2D eigenvalue weighted by atomic mass is 16.5. The van der Waals surface area contributed by atoms with Crippen LogP contribution in [0.4, 0.5) is 11.4 Å². The van der Waals surface area contributed by atoms with Crippen molar-refractivity contribution in [2.45, 2.75) is 39.1 Å². The second-order valence-electron chi connectivity index (χ2n) is 9.19. The van der Waals surface area contributed by atoms with Crippen molar-refractivity contribution in [2.75, 3.05) is 37.4 Å². The molecule has 5 rings (SSSR count). The largest absolute Gasteiger partial charge is 0.492 e. The summed E-state index contributed by atoms with van der Waals surface area (Å²) < 4.78 is 20.3. The minimum Gasteiger partial charge on any atom is -0.492 e. The van der Waals surface area contributed by atoms with Crippen LogP contribution in [0.2, 0.25) is 0 Å². The first kappa shape index (κ1) is 23.4. The number of piperidine rings is 1. The van der Waals surface area contributed by atoms with Crippen molar-refractivity contribution in [2.24, 2.45) is 11.7 Å². The molecule has 2 aliphatic rings. The third-order valence-electron chi connectivity index (χ3n) is 6.82. The van der Waals surface area contributed by atoms with Crippen molar-refractivity contribution in [3.05, 3.63) is 60.4 Å². The van der Waals surface area contributed by atoms with E-state index in [1.807, 2.05) is 61.1 Å². The number of fused-ring (bicyclic) bond motifs is 1. The fraction of sp³-hybridized carbons (Fsp3) is 0.407. The number of hydrogen-bond acceptors (Lipinski definition) is 7. The van der Waals surface area contributed by atoms with Crippen molar-refractivity contribution in [3.8, 4) is 22.9 Å². The zero-order chi connectivity index (χ0) is 24.4.